The second-order valence-electron chi connectivity index (χ2n) is 7.28. The maximum Gasteiger partial charge on any atom is 0.237 e. The van der Waals surface area contributed by atoms with E-state index in [1.165, 1.54) is 25.7 Å². The monoisotopic (exact) mass is 338 g/mol. The van der Waals surface area contributed by atoms with E-state index in [2.05, 4.69) is 15.7 Å². The van der Waals surface area contributed by atoms with Crippen LogP contribution in [0.4, 0.5) is 0 Å². The molecule has 1 aromatic carbocycles. The van der Waals surface area contributed by atoms with Gasteiger partial charge in [-0.3, -0.25) is 4.79 Å². The zero-order chi connectivity index (χ0) is 17.1. The van der Waals surface area contributed by atoms with Gasteiger partial charge in [-0.1, -0.05) is 31.0 Å². The number of nitrogens with zero attached hydrogens (tertiary/aromatic N) is 2. The van der Waals surface area contributed by atoms with E-state index in [9.17, 15) is 4.79 Å². The van der Waals surface area contributed by atoms with Crippen molar-refractivity contribution in [1.29, 1.82) is 0 Å². The lowest BCUT2D eigenvalue weighted by molar-refractivity contribution is -0.122. The molecule has 132 valence electrons. The van der Waals surface area contributed by atoms with E-state index >= 15 is 0 Å². The van der Waals surface area contributed by atoms with Crippen molar-refractivity contribution in [1.82, 2.24) is 20.4 Å². The smallest absolute Gasteiger partial charge is 0.237 e. The number of fused-ring (bicyclic) bond motifs is 1. The molecule has 0 radical (unpaired) electrons. The minimum Gasteiger partial charge on any atom is -0.354 e. The number of aromatic nitrogens is 2. The van der Waals surface area contributed by atoms with Gasteiger partial charge in [0.25, 0.3) is 0 Å². The summed E-state index contributed by atoms with van der Waals surface area (Å²) < 4.78 is 1.88. The van der Waals surface area contributed by atoms with Crippen LogP contribution in [0.3, 0.4) is 0 Å². The molecule has 1 saturated heterocycles. The van der Waals surface area contributed by atoms with Crippen molar-refractivity contribution in [3.05, 3.63) is 48.3 Å². The van der Waals surface area contributed by atoms with Crippen LogP contribution in [0, 0.1) is 5.92 Å². The number of hydrogen-bond donors (Lipinski definition) is 2. The van der Waals surface area contributed by atoms with E-state index in [0.717, 1.165) is 24.1 Å². The van der Waals surface area contributed by atoms with Gasteiger partial charge in [-0.15, -0.1) is 0 Å². The molecule has 2 aliphatic rings. The van der Waals surface area contributed by atoms with E-state index in [0.29, 0.717) is 18.5 Å². The minimum absolute atomic E-state index is 0.000131. The minimum atomic E-state index is 0.000131. The third-order valence-corrected chi connectivity index (χ3v) is 5.55. The fraction of sp³-hybridized carbons (Fsp3) is 0.500. The van der Waals surface area contributed by atoms with Crippen molar-refractivity contribution < 1.29 is 4.79 Å². The summed E-state index contributed by atoms with van der Waals surface area (Å²) in [6.45, 7) is 0.660. The predicted molar refractivity (Wildman–Crippen MR) is 97.6 cm³/mol. The van der Waals surface area contributed by atoms with Gasteiger partial charge < -0.3 is 10.6 Å². The Morgan fingerprint density at radius 2 is 2.08 bits per heavy atom. The first-order valence-corrected chi connectivity index (χ1v) is 9.42. The van der Waals surface area contributed by atoms with E-state index in [-0.39, 0.29) is 11.9 Å². The zero-order valence-electron chi connectivity index (χ0n) is 14.5. The first kappa shape index (κ1) is 16.3. The summed E-state index contributed by atoms with van der Waals surface area (Å²) in [5.74, 6) is 0.860. The zero-order valence-corrected chi connectivity index (χ0v) is 14.5. The Kier molecular flexibility index (Phi) is 4.83. The number of amides is 1. The highest BCUT2D eigenvalue weighted by molar-refractivity contribution is 5.82. The van der Waals surface area contributed by atoms with Gasteiger partial charge in [0.2, 0.25) is 5.91 Å². The number of benzene rings is 1. The molecule has 2 heterocycles. The molecule has 5 heteroatoms. The lowest BCUT2D eigenvalue weighted by atomic mass is 9.85. The van der Waals surface area contributed by atoms with Crippen LogP contribution in [-0.2, 0) is 11.2 Å². The van der Waals surface area contributed by atoms with Gasteiger partial charge in [-0.05, 0) is 49.3 Å². The molecule has 1 aliphatic heterocycles. The average Bonchev–Trinajstić information content (AvgIpc) is 3.29. The SMILES string of the molecule is O=C(NCCc1cnn(-c2ccccc2)c1)C1CC2CCCCC2N1. The topological polar surface area (TPSA) is 59.0 Å². The van der Waals surface area contributed by atoms with Crippen LogP contribution in [-0.4, -0.2) is 34.3 Å². The van der Waals surface area contributed by atoms with Gasteiger partial charge in [0.15, 0.2) is 0 Å². The molecule has 25 heavy (non-hydrogen) atoms. The maximum absolute atomic E-state index is 12.4. The van der Waals surface area contributed by atoms with Crippen LogP contribution in [0.5, 0.6) is 0 Å². The van der Waals surface area contributed by atoms with Crippen LogP contribution >= 0.6 is 0 Å². The summed E-state index contributed by atoms with van der Waals surface area (Å²) in [4.78, 5) is 12.4. The molecule has 2 aromatic rings. The molecule has 2 N–H and O–H groups in total. The summed E-state index contributed by atoms with van der Waals surface area (Å²) in [5, 5.41) is 11.0. The van der Waals surface area contributed by atoms with Crippen molar-refractivity contribution >= 4 is 5.91 Å². The molecule has 3 atom stereocenters. The summed E-state index contributed by atoms with van der Waals surface area (Å²) in [7, 11) is 0. The highest BCUT2D eigenvalue weighted by Gasteiger charge is 2.37. The lowest BCUT2D eigenvalue weighted by Gasteiger charge is -2.24. The number of hydrogen-bond acceptors (Lipinski definition) is 3. The Morgan fingerprint density at radius 3 is 2.92 bits per heavy atom. The predicted octanol–water partition coefficient (Wildman–Crippen LogP) is 2.45. The quantitative estimate of drug-likeness (QED) is 0.880. The summed E-state index contributed by atoms with van der Waals surface area (Å²) in [5.41, 5.74) is 2.19. The van der Waals surface area contributed by atoms with Gasteiger partial charge in [-0.25, -0.2) is 4.68 Å². The number of para-hydroxylation sites is 1. The Balaban J connectivity index is 1.25. The van der Waals surface area contributed by atoms with Crippen molar-refractivity contribution in [2.24, 2.45) is 5.92 Å². The maximum atomic E-state index is 12.4. The van der Waals surface area contributed by atoms with E-state index in [1.807, 2.05) is 47.4 Å². The lowest BCUT2D eigenvalue weighted by Crippen LogP contribution is -2.43. The number of nitrogens with one attached hydrogen (secondary N) is 2. The molecule has 2 fully saturated rings. The van der Waals surface area contributed by atoms with E-state index < -0.39 is 0 Å². The molecular formula is C20H26N4O. The molecule has 3 unspecified atom stereocenters. The molecule has 1 aliphatic carbocycles. The highest BCUT2D eigenvalue weighted by atomic mass is 16.2. The van der Waals surface area contributed by atoms with Gasteiger partial charge in [0.1, 0.15) is 0 Å². The van der Waals surface area contributed by atoms with E-state index in [1.54, 1.807) is 0 Å². The van der Waals surface area contributed by atoms with Crippen molar-refractivity contribution in [2.45, 2.75) is 50.6 Å². The molecule has 1 amide bonds. The molecule has 0 spiro atoms. The third-order valence-electron chi connectivity index (χ3n) is 5.55. The third kappa shape index (κ3) is 3.76. The van der Waals surface area contributed by atoms with Crippen LogP contribution < -0.4 is 10.6 Å². The van der Waals surface area contributed by atoms with Crippen LogP contribution in [0.2, 0.25) is 0 Å². The van der Waals surface area contributed by atoms with Gasteiger partial charge in [0, 0.05) is 18.8 Å². The molecular weight excluding hydrogens is 312 g/mol. The standard InChI is InChI=1S/C20H26N4O/c25-20(19-12-16-6-4-5-9-18(16)23-19)21-11-10-15-13-22-24(14-15)17-7-2-1-3-8-17/h1-3,7-8,13-14,16,18-19,23H,4-6,9-12H2,(H,21,25). The van der Waals surface area contributed by atoms with Crippen molar-refractivity contribution in [3.63, 3.8) is 0 Å². The average molecular weight is 338 g/mol. The number of carbonyl (C=O) groups excluding carboxylic acids is 1. The first-order valence-electron chi connectivity index (χ1n) is 9.42. The highest BCUT2D eigenvalue weighted by Crippen LogP contribution is 2.33. The molecule has 1 saturated carbocycles. The van der Waals surface area contributed by atoms with Crippen LogP contribution in [0.25, 0.3) is 5.69 Å². The summed E-state index contributed by atoms with van der Waals surface area (Å²) in [6, 6.07) is 10.6. The van der Waals surface area contributed by atoms with Crippen molar-refractivity contribution in [3.8, 4) is 5.69 Å². The van der Waals surface area contributed by atoms with Gasteiger partial charge in [0.05, 0.1) is 17.9 Å². The second kappa shape index (κ2) is 7.40. The summed E-state index contributed by atoms with van der Waals surface area (Å²) >= 11 is 0. The van der Waals surface area contributed by atoms with Crippen LogP contribution in [0.15, 0.2) is 42.7 Å². The molecule has 5 nitrogen and oxygen atoms in total. The number of rotatable bonds is 5. The molecule has 0 bridgehead atoms. The van der Waals surface area contributed by atoms with Gasteiger partial charge in [-0.2, -0.15) is 5.10 Å². The Labute approximate surface area is 148 Å². The van der Waals surface area contributed by atoms with Gasteiger partial charge >= 0.3 is 0 Å². The largest absolute Gasteiger partial charge is 0.354 e. The fourth-order valence-corrected chi connectivity index (χ4v) is 4.19. The second-order valence-corrected chi connectivity index (χ2v) is 7.28. The summed E-state index contributed by atoms with van der Waals surface area (Å²) in [6.07, 6.45) is 10.8. The molecule has 4 rings (SSSR count). The van der Waals surface area contributed by atoms with Crippen LogP contribution in [0.1, 0.15) is 37.7 Å². The first-order chi connectivity index (χ1) is 12.3. The Hall–Kier alpha value is -2.14. The number of carbonyl (C=O) groups is 1. The normalized spacial score (nSPS) is 25.5. The fourth-order valence-electron chi connectivity index (χ4n) is 4.19. The molecule has 1 aromatic heterocycles. The van der Waals surface area contributed by atoms with E-state index in [4.69, 9.17) is 0 Å². The Morgan fingerprint density at radius 1 is 1.24 bits per heavy atom. The Bertz CT molecular complexity index is 697. The van der Waals surface area contributed by atoms with Crippen molar-refractivity contribution in [2.75, 3.05) is 6.54 Å².